The Labute approximate surface area is 155 Å². The molecule has 8 heteroatoms. The van der Waals surface area contributed by atoms with Gasteiger partial charge in [-0.2, -0.15) is 0 Å². The Balaban J connectivity index is 1.92. The SMILES string of the molecule is CC(=O)NC(=S)NNc1nnc(-c2ccccc2)c(-c2ccccc2)n1. The molecule has 1 heterocycles. The molecule has 0 radical (unpaired) electrons. The Morgan fingerprint density at radius 2 is 1.46 bits per heavy atom. The van der Waals surface area contributed by atoms with Crippen molar-refractivity contribution in [2.75, 3.05) is 5.43 Å². The fourth-order valence-electron chi connectivity index (χ4n) is 2.27. The summed E-state index contributed by atoms with van der Waals surface area (Å²) in [6.07, 6.45) is 0. The average molecular weight is 364 g/mol. The molecule has 0 aliphatic rings. The van der Waals surface area contributed by atoms with Crippen molar-refractivity contribution in [1.82, 2.24) is 25.9 Å². The van der Waals surface area contributed by atoms with E-state index in [-0.39, 0.29) is 17.0 Å². The van der Waals surface area contributed by atoms with E-state index < -0.39 is 0 Å². The van der Waals surface area contributed by atoms with Crippen LogP contribution >= 0.6 is 12.2 Å². The Kier molecular flexibility index (Phi) is 5.45. The highest BCUT2D eigenvalue weighted by atomic mass is 32.1. The highest BCUT2D eigenvalue weighted by Gasteiger charge is 2.13. The standard InChI is InChI=1S/C18H16N6OS/c1-12(25)19-18(26)24-23-17-20-15(13-8-4-2-5-9-13)16(21-22-17)14-10-6-3-7-11-14/h2-11H,1H3,(H,20,22,23)(H2,19,24,25,26). The van der Waals surface area contributed by atoms with Crippen LogP contribution in [0.3, 0.4) is 0 Å². The zero-order valence-corrected chi connectivity index (χ0v) is 14.7. The van der Waals surface area contributed by atoms with Crippen LogP contribution in [0.4, 0.5) is 5.95 Å². The number of anilines is 1. The second-order valence-electron chi connectivity index (χ2n) is 5.32. The number of nitrogens with zero attached hydrogens (tertiary/aromatic N) is 3. The predicted molar refractivity (Wildman–Crippen MR) is 104 cm³/mol. The lowest BCUT2D eigenvalue weighted by molar-refractivity contribution is -0.117. The lowest BCUT2D eigenvalue weighted by Crippen LogP contribution is -2.41. The minimum atomic E-state index is -0.271. The third-order valence-corrected chi connectivity index (χ3v) is 3.56. The van der Waals surface area contributed by atoms with Crippen LogP contribution < -0.4 is 16.2 Å². The van der Waals surface area contributed by atoms with Crippen molar-refractivity contribution in [3.63, 3.8) is 0 Å². The lowest BCUT2D eigenvalue weighted by atomic mass is 10.0. The summed E-state index contributed by atoms with van der Waals surface area (Å²) in [5.41, 5.74) is 8.58. The van der Waals surface area contributed by atoms with Crippen LogP contribution in [-0.2, 0) is 4.79 Å². The molecule has 26 heavy (non-hydrogen) atoms. The van der Waals surface area contributed by atoms with Gasteiger partial charge in [-0.05, 0) is 12.2 Å². The zero-order chi connectivity index (χ0) is 18.4. The monoisotopic (exact) mass is 364 g/mol. The van der Waals surface area contributed by atoms with Crippen LogP contribution in [0.5, 0.6) is 0 Å². The molecule has 130 valence electrons. The summed E-state index contributed by atoms with van der Waals surface area (Å²) in [6, 6.07) is 19.4. The van der Waals surface area contributed by atoms with Gasteiger partial charge >= 0.3 is 0 Å². The van der Waals surface area contributed by atoms with E-state index in [2.05, 4.69) is 31.3 Å². The predicted octanol–water partition coefficient (Wildman–Crippen LogP) is 2.54. The van der Waals surface area contributed by atoms with Gasteiger partial charge in [0.15, 0.2) is 5.11 Å². The summed E-state index contributed by atoms with van der Waals surface area (Å²) in [5.74, 6) is -0.0380. The molecule has 0 bridgehead atoms. The number of hydrogen-bond acceptors (Lipinski definition) is 6. The maximum atomic E-state index is 11.0. The van der Waals surface area contributed by atoms with E-state index in [9.17, 15) is 4.79 Å². The van der Waals surface area contributed by atoms with Crippen molar-refractivity contribution < 1.29 is 4.79 Å². The maximum absolute atomic E-state index is 11.0. The van der Waals surface area contributed by atoms with E-state index in [4.69, 9.17) is 12.2 Å². The molecule has 0 spiro atoms. The van der Waals surface area contributed by atoms with Gasteiger partial charge in [0.2, 0.25) is 5.91 Å². The number of carbonyl (C=O) groups is 1. The quantitative estimate of drug-likeness (QED) is 0.484. The molecule has 1 aromatic heterocycles. The van der Waals surface area contributed by atoms with Crippen molar-refractivity contribution in [3.05, 3.63) is 60.7 Å². The fraction of sp³-hybridized carbons (Fsp3) is 0.0556. The molecule has 1 amide bonds. The van der Waals surface area contributed by atoms with Gasteiger partial charge in [-0.25, -0.2) is 4.98 Å². The Bertz CT molecular complexity index is 917. The molecule has 0 fully saturated rings. The van der Waals surface area contributed by atoms with E-state index in [1.165, 1.54) is 6.92 Å². The largest absolute Gasteiger partial charge is 0.302 e. The minimum Gasteiger partial charge on any atom is -0.302 e. The average Bonchev–Trinajstić information content (AvgIpc) is 2.67. The van der Waals surface area contributed by atoms with Crippen LogP contribution in [0.25, 0.3) is 22.5 Å². The number of nitrogens with one attached hydrogen (secondary N) is 3. The summed E-state index contributed by atoms with van der Waals surface area (Å²) >= 11 is 4.98. The molecule has 0 unspecified atom stereocenters. The number of hydrogen-bond donors (Lipinski definition) is 3. The number of benzene rings is 2. The molecule has 2 aromatic carbocycles. The van der Waals surface area contributed by atoms with E-state index in [0.29, 0.717) is 11.4 Å². The highest BCUT2D eigenvalue weighted by Crippen LogP contribution is 2.28. The Morgan fingerprint density at radius 3 is 2.04 bits per heavy atom. The van der Waals surface area contributed by atoms with Gasteiger partial charge < -0.3 is 5.32 Å². The molecule has 0 saturated carbocycles. The van der Waals surface area contributed by atoms with Gasteiger partial charge in [0.25, 0.3) is 5.95 Å². The fourth-order valence-corrected chi connectivity index (χ4v) is 2.47. The third kappa shape index (κ3) is 4.37. The summed E-state index contributed by atoms with van der Waals surface area (Å²) in [6.45, 7) is 1.37. The van der Waals surface area contributed by atoms with Crippen LogP contribution in [0, 0.1) is 0 Å². The molecule has 0 atom stereocenters. The molecule has 0 aliphatic carbocycles. The van der Waals surface area contributed by atoms with E-state index in [1.807, 2.05) is 60.7 Å². The number of hydrazine groups is 1. The highest BCUT2D eigenvalue weighted by molar-refractivity contribution is 7.80. The number of carbonyl (C=O) groups excluding carboxylic acids is 1. The summed E-state index contributed by atoms with van der Waals surface area (Å²) in [5, 5.41) is 11.0. The smallest absolute Gasteiger partial charge is 0.262 e. The first-order chi connectivity index (χ1) is 12.6. The molecular weight excluding hydrogens is 348 g/mol. The first-order valence-electron chi connectivity index (χ1n) is 7.82. The first kappa shape index (κ1) is 17.4. The number of rotatable bonds is 4. The molecule has 7 nitrogen and oxygen atoms in total. The molecule has 0 aliphatic heterocycles. The molecular formula is C18H16N6OS. The molecule has 3 aromatic rings. The molecule has 3 N–H and O–H groups in total. The second kappa shape index (κ2) is 8.13. The van der Waals surface area contributed by atoms with Gasteiger partial charge in [0.1, 0.15) is 11.4 Å². The molecule has 3 rings (SSSR count). The molecule has 0 saturated heterocycles. The van der Waals surface area contributed by atoms with Crippen molar-refractivity contribution >= 4 is 29.2 Å². The second-order valence-corrected chi connectivity index (χ2v) is 5.73. The van der Waals surface area contributed by atoms with Crippen molar-refractivity contribution in [2.24, 2.45) is 0 Å². The summed E-state index contributed by atoms with van der Waals surface area (Å²) in [7, 11) is 0. The number of amides is 1. The van der Waals surface area contributed by atoms with E-state index in [1.54, 1.807) is 0 Å². The number of thiocarbonyl (C=S) groups is 1. The van der Waals surface area contributed by atoms with Gasteiger partial charge in [0.05, 0.1) is 0 Å². The van der Waals surface area contributed by atoms with Gasteiger partial charge in [-0.1, -0.05) is 60.7 Å². The summed E-state index contributed by atoms with van der Waals surface area (Å²) < 4.78 is 0. The van der Waals surface area contributed by atoms with Gasteiger partial charge in [0, 0.05) is 18.1 Å². The maximum Gasteiger partial charge on any atom is 0.262 e. The van der Waals surface area contributed by atoms with Crippen LogP contribution in [0.1, 0.15) is 6.92 Å². The van der Waals surface area contributed by atoms with Crippen molar-refractivity contribution in [3.8, 4) is 22.5 Å². The Morgan fingerprint density at radius 1 is 0.885 bits per heavy atom. The van der Waals surface area contributed by atoms with Gasteiger partial charge in [-0.15, -0.1) is 10.2 Å². The van der Waals surface area contributed by atoms with Crippen molar-refractivity contribution in [2.45, 2.75) is 6.92 Å². The van der Waals surface area contributed by atoms with Crippen LogP contribution in [-0.4, -0.2) is 26.2 Å². The van der Waals surface area contributed by atoms with E-state index in [0.717, 1.165) is 11.1 Å². The first-order valence-corrected chi connectivity index (χ1v) is 8.23. The Hall–Kier alpha value is -3.39. The lowest BCUT2D eigenvalue weighted by Gasteiger charge is -2.12. The van der Waals surface area contributed by atoms with Gasteiger partial charge in [-0.3, -0.25) is 15.6 Å². The zero-order valence-electron chi connectivity index (χ0n) is 13.9. The number of aromatic nitrogens is 3. The normalized spacial score (nSPS) is 10.0. The topological polar surface area (TPSA) is 91.8 Å². The minimum absolute atomic E-state index is 0.120. The van der Waals surface area contributed by atoms with E-state index >= 15 is 0 Å². The third-order valence-electron chi connectivity index (χ3n) is 3.36. The summed E-state index contributed by atoms with van der Waals surface area (Å²) in [4.78, 5) is 15.5. The van der Waals surface area contributed by atoms with Crippen LogP contribution in [0.2, 0.25) is 0 Å². The van der Waals surface area contributed by atoms with Crippen molar-refractivity contribution in [1.29, 1.82) is 0 Å². The van der Waals surface area contributed by atoms with Crippen LogP contribution in [0.15, 0.2) is 60.7 Å².